The molecule has 1 atom stereocenters. The van der Waals surface area contributed by atoms with Gasteiger partial charge in [-0.15, -0.1) is 0 Å². The highest BCUT2D eigenvalue weighted by molar-refractivity contribution is 7.80. The summed E-state index contributed by atoms with van der Waals surface area (Å²) in [6.07, 6.45) is 0. The first-order valence-corrected chi connectivity index (χ1v) is 9.10. The third-order valence-corrected chi connectivity index (χ3v) is 4.55. The topological polar surface area (TPSA) is 27.3 Å². The van der Waals surface area contributed by atoms with Crippen LogP contribution in [0, 0.1) is 5.82 Å². The van der Waals surface area contributed by atoms with Crippen molar-refractivity contribution in [1.82, 2.24) is 15.5 Å². The molecular weight excluding hydrogens is 333 g/mol. The van der Waals surface area contributed by atoms with Crippen molar-refractivity contribution in [2.45, 2.75) is 26.4 Å². The molecule has 2 aromatic carbocycles. The number of thiocarbonyl (C=S) groups is 1. The van der Waals surface area contributed by atoms with Crippen LogP contribution in [0.5, 0.6) is 0 Å². The van der Waals surface area contributed by atoms with Gasteiger partial charge in [-0.1, -0.05) is 56.3 Å². The highest BCUT2D eigenvalue weighted by Gasteiger charge is 2.17. The molecule has 2 rings (SSSR count). The van der Waals surface area contributed by atoms with Crippen LogP contribution in [0.25, 0.3) is 0 Å². The quantitative estimate of drug-likeness (QED) is 0.700. The van der Waals surface area contributed by atoms with E-state index in [2.05, 4.69) is 53.6 Å². The second-order valence-electron chi connectivity index (χ2n) is 5.84. The fraction of sp³-hybridized carbons (Fsp3) is 0.350. The number of benzene rings is 2. The molecule has 0 spiro atoms. The zero-order valence-corrected chi connectivity index (χ0v) is 15.7. The Kier molecular flexibility index (Phi) is 7.82. The van der Waals surface area contributed by atoms with Crippen molar-refractivity contribution in [1.29, 1.82) is 0 Å². The van der Waals surface area contributed by atoms with E-state index >= 15 is 0 Å². The molecule has 0 aliphatic heterocycles. The lowest BCUT2D eigenvalue weighted by atomic mass is 10.1. The molecule has 0 heterocycles. The van der Waals surface area contributed by atoms with Crippen molar-refractivity contribution in [3.63, 3.8) is 0 Å². The maximum Gasteiger partial charge on any atom is 0.166 e. The molecule has 2 aromatic rings. The van der Waals surface area contributed by atoms with Gasteiger partial charge in [0.15, 0.2) is 5.11 Å². The molecule has 0 aromatic heterocycles. The average Bonchev–Trinajstić information content (AvgIpc) is 2.65. The number of nitrogens with zero attached hydrogens (tertiary/aromatic N) is 1. The summed E-state index contributed by atoms with van der Waals surface area (Å²) in [5.41, 5.74) is 2.27. The van der Waals surface area contributed by atoms with Crippen LogP contribution in [0.2, 0.25) is 0 Å². The van der Waals surface area contributed by atoms with Gasteiger partial charge in [-0.3, -0.25) is 4.90 Å². The van der Waals surface area contributed by atoms with Crippen molar-refractivity contribution in [2.75, 3.05) is 19.6 Å². The van der Waals surface area contributed by atoms with Crippen LogP contribution in [0.1, 0.15) is 31.0 Å². The molecule has 0 unspecified atom stereocenters. The number of nitrogens with one attached hydrogen (secondary N) is 2. The normalized spacial score (nSPS) is 12.0. The first kappa shape index (κ1) is 19.3. The van der Waals surface area contributed by atoms with Crippen molar-refractivity contribution in [2.24, 2.45) is 0 Å². The van der Waals surface area contributed by atoms with Gasteiger partial charge in [0, 0.05) is 13.1 Å². The van der Waals surface area contributed by atoms with Crippen LogP contribution in [0.3, 0.4) is 0 Å². The molecule has 5 heteroatoms. The van der Waals surface area contributed by atoms with E-state index in [1.165, 1.54) is 17.7 Å². The Balaban J connectivity index is 1.90. The van der Waals surface area contributed by atoms with Gasteiger partial charge in [0.2, 0.25) is 0 Å². The van der Waals surface area contributed by atoms with Gasteiger partial charge in [0.05, 0.1) is 6.04 Å². The molecule has 0 amide bonds. The summed E-state index contributed by atoms with van der Waals surface area (Å²) in [4.78, 5) is 2.41. The summed E-state index contributed by atoms with van der Waals surface area (Å²) >= 11 is 5.39. The zero-order chi connectivity index (χ0) is 18.1. The highest BCUT2D eigenvalue weighted by Crippen LogP contribution is 2.19. The average molecular weight is 360 g/mol. The monoisotopic (exact) mass is 359 g/mol. The van der Waals surface area contributed by atoms with E-state index in [4.69, 9.17) is 12.2 Å². The predicted molar refractivity (Wildman–Crippen MR) is 106 cm³/mol. The van der Waals surface area contributed by atoms with Crippen LogP contribution in [-0.2, 0) is 6.54 Å². The number of likely N-dealkylation sites (N-methyl/N-ethyl adjacent to an activating group) is 1. The van der Waals surface area contributed by atoms with E-state index in [1.807, 2.05) is 6.07 Å². The Hall–Kier alpha value is -1.98. The first-order valence-electron chi connectivity index (χ1n) is 8.69. The molecule has 2 N–H and O–H groups in total. The van der Waals surface area contributed by atoms with Crippen molar-refractivity contribution in [3.8, 4) is 0 Å². The largest absolute Gasteiger partial charge is 0.361 e. The Bertz CT molecular complexity index is 642. The van der Waals surface area contributed by atoms with E-state index in [9.17, 15) is 4.39 Å². The molecule has 0 saturated carbocycles. The SMILES string of the molecule is CCN(CC)[C@H](CNC(=S)NCc1ccc(F)cc1)c1ccccc1. The third-order valence-electron chi connectivity index (χ3n) is 4.26. The molecule has 134 valence electrons. The van der Waals surface area contributed by atoms with Gasteiger partial charge in [0.25, 0.3) is 0 Å². The number of halogens is 1. The standard InChI is InChI=1S/C20H26FN3S/c1-3-24(4-2)19(17-8-6-5-7-9-17)15-23-20(25)22-14-16-10-12-18(21)13-11-16/h5-13,19H,3-4,14-15H2,1-2H3,(H2,22,23,25)/t19-/m1/s1. The van der Waals surface area contributed by atoms with Gasteiger partial charge in [-0.2, -0.15) is 0 Å². The molecule has 0 aliphatic carbocycles. The Morgan fingerprint density at radius 2 is 1.64 bits per heavy atom. The molecule has 0 aliphatic rings. The van der Waals surface area contributed by atoms with Crippen molar-refractivity contribution >= 4 is 17.3 Å². The summed E-state index contributed by atoms with van der Waals surface area (Å²) in [7, 11) is 0. The van der Waals surface area contributed by atoms with Gasteiger partial charge < -0.3 is 10.6 Å². The Morgan fingerprint density at radius 1 is 1.00 bits per heavy atom. The molecule has 25 heavy (non-hydrogen) atoms. The van der Waals surface area contributed by atoms with Gasteiger partial charge in [-0.25, -0.2) is 4.39 Å². The summed E-state index contributed by atoms with van der Waals surface area (Å²) in [5.74, 6) is -0.227. The number of rotatable bonds is 8. The van der Waals surface area contributed by atoms with Gasteiger partial charge in [0.1, 0.15) is 5.82 Å². The van der Waals surface area contributed by atoms with Crippen molar-refractivity contribution in [3.05, 3.63) is 71.5 Å². The number of hydrogen-bond donors (Lipinski definition) is 2. The highest BCUT2D eigenvalue weighted by atomic mass is 32.1. The van der Waals surface area contributed by atoms with Gasteiger partial charge in [-0.05, 0) is 48.6 Å². The van der Waals surface area contributed by atoms with Gasteiger partial charge >= 0.3 is 0 Å². The first-order chi connectivity index (χ1) is 12.1. The zero-order valence-electron chi connectivity index (χ0n) is 14.8. The predicted octanol–water partition coefficient (Wildman–Crippen LogP) is 3.87. The van der Waals surface area contributed by atoms with Crippen LogP contribution >= 0.6 is 12.2 Å². The second-order valence-corrected chi connectivity index (χ2v) is 6.25. The lowest BCUT2D eigenvalue weighted by Crippen LogP contribution is -2.41. The maximum atomic E-state index is 12.9. The summed E-state index contributed by atoms with van der Waals surface area (Å²) in [5, 5.41) is 7.10. The lowest BCUT2D eigenvalue weighted by molar-refractivity contribution is 0.219. The fourth-order valence-electron chi connectivity index (χ4n) is 2.83. The minimum absolute atomic E-state index is 0.227. The van der Waals surface area contributed by atoms with E-state index in [0.29, 0.717) is 11.7 Å². The smallest absolute Gasteiger partial charge is 0.166 e. The molecule has 0 fully saturated rings. The van der Waals surface area contributed by atoms with Crippen molar-refractivity contribution < 1.29 is 4.39 Å². The van der Waals surface area contributed by atoms with E-state index in [1.54, 1.807) is 12.1 Å². The maximum absolute atomic E-state index is 12.9. The van der Waals surface area contributed by atoms with Crippen LogP contribution in [0.15, 0.2) is 54.6 Å². The van der Waals surface area contributed by atoms with E-state index < -0.39 is 0 Å². The molecule has 0 bridgehead atoms. The summed E-state index contributed by atoms with van der Waals surface area (Å²) in [6.45, 7) is 7.62. The fourth-order valence-corrected chi connectivity index (χ4v) is 2.99. The molecular formula is C20H26FN3S. The summed E-state index contributed by atoms with van der Waals surface area (Å²) in [6, 6.07) is 17.2. The summed E-state index contributed by atoms with van der Waals surface area (Å²) < 4.78 is 12.9. The molecule has 0 radical (unpaired) electrons. The third kappa shape index (κ3) is 6.11. The minimum atomic E-state index is -0.227. The molecule has 3 nitrogen and oxygen atoms in total. The van der Waals surface area contributed by atoms with E-state index in [0.717, 1.165) is 25.2 Å². The number of hydrogen-bond acceptors (Lipinski definition) is 2. The van der Waals surface area contributed by atoms with Crippen LogP contribution in [-0.4, -0.2) is 29.6 Å². The van der Waals surface area contributed by atoms with Crippen LogP contribution < -0.4 is 10.6 Å². The second kappa shape index (κ2) is 10.1. The Morgan fingerprint density at radius 3 is 2.24 bits per heavy atom. The van der Waals surface area contributed by atoms with E-state index in [-0.39, 0.29) is 11.9 Å². The molecule has 0 saturated heterocycles. The van der Waals surface area contributed by atoms with Crippen LogP contribution in [0.4, 0.5) is 4.39 Å². The Labute approximate surface area is 155 Å². The lowest BCUT2D eigenvalue weighted by Gasteiger charge is -2.30. The minimum Gasteiger partial charge on any atom is -0.361 e.